The van der Waals surface area contributed by atoms with Crippen molar-refractivity contribution in [2.75, 3.05) is 5.32 Å². The third kappa shape index (κ3) is 3.17. The second-order valence-electron chi connectivity index (χ2n) is 4.21. The van der Waals surface area contributed by atoms with Crippen molar-refractivity contribution in [2.24, 2.45) is 0 Å². The van der Waals surface area contributed by atoms with Gasteiger partial charge in [0.1, 0.15) is 11.5 Å². The summed E-state index contributed by atoms with van der Waals surface area (Å²) in [6.07, 6.45) is 1.23. The number of benzene rings is 1. The summed E-state index contributed by atoms with van der Waals surface area (Å²) in [6.45, 7) is 1.70. The van der Waals surface area contributed by atoms with Crippen LogP contribution in [0.5, 0.6) is 0 Å². The SMILES string of the molecule is Cc1cc(F)cc(NC(=O)c2ccnc(C(=O)O)c2)c1. The Morgan fingerprint density at radius 3 is 2.65 bits per heavy atom. The Balaban J connectivity index is 2.23. The van der Waals surface area contributed by atoms with Crippen molar-refractivity contribution in [3.8, 4) is 0 Å². The molecule has 2 aromatic rings. The number of carboxylic acid groups (broad SMARTS) is 1. The van der Waals surface area contributed by atoms with E-state index in [1.807, 2.05) is 0 Å². The molecule has 0 saturated carbocycles. The van der Waals surface area contributed by atoms with Crippen LogP contribution in [0.3, 0.4) is 0 Å². The Hall–Kier alpha value is -2.76. The number of nitrogens with one attached hydrogen (secondary N) is 1. The van der Waals surface area contributed by atoms with Crippen molar-refractivity contribution in [3.63, 3.8) is 0 Å². The van der Waals surface area contributed by atoms with E-state index >= 15 is 0 Å². The molecule has 0 aliphatic rings. The highest BCUT2D eigenvalue weighted by molar-refractivity contribution is 6.05. The molecule has 1 aromatic heterocycles. The summed E-state index contributed by atoms with van der Waals surface area (Å²) in [7, 11) is 0. The molecular formula is C14H11FN2O3. The molecule has 1 heterocycles. The lowest BCUT2D eigenvalue weighted by Gasteiger charge is -2.07. The lowest BCUT2D eigenvalue weighted by atomic mass is 10.2. The molecular weight excluding hydrogens is 263 g/mol. The molecule has 6 heteroatoms. The second-order valence-corrected chi connectivity index (χ2v) is 4.21. The molecule has 0 aliphatic heterocycles. The van der Waals surface area contributed by atoms with Gasteiger partial charge in [0.15, 0.2) is 0 Å². The monoisotopic (exact) mass is 274 g/mol. The molecule has 20 heavy (non-hydrogen) atoms. The molecule has 5 nitrogen and oxygen atoms in total. The largest absolute Gasteiger partial charge is 0.477 e. The van der Waals surface area contributed by atoms with Crippen LogP contribution >= 0.6 is 0 Å². The zero-order valence-corrected chi connectivity index (χ0v) is 10.6. The zero-order chi connectivity index (χ0) is 14.7. The normalized spacial score (nSPS) is 10.1. The highest BCUT2D eigenvalue weighted by Crippen LogP contribution is 2.14. The molecule has 0 radical (unpaired) electrons. The minimum Gasteiger partial charge on any atom is -0.477 e. The van der Waals surface area contributed by atoms with Crippen molar-refractivity contribution in [3.05, 3.63) is 59.2 Å². The summed E-state index contributed by atoms with van der Waals surface area (Å²) in [5.74, 6) is -2.21. The minimum atomic E-state index is -1.22. The Labute approximate surface area is 114 Å². The first-order valence-electron chi connectivity index (χ1n) is 5.73. The first kappa shape index (κ1) is 13.7. The van der Waals surface area contributed by atoms with Gasteiger partial charge in [0.2, 0.25) is 0 Å². The van der Waals surface area contributed by atoms with Gasteiger partial charge in [-0.15, -0.1) is 0 Å². The van der Waals surface area contributed by atoms with E-state index in [0.29, 0.717) is 11.3 Å². The summed E-state index contributed by atoms with van der Waals surface area (Å²) < 4.78 is 13.2. The van der Waals surface area contributed by atoms with Crippen LogP contribution in [0.4, 0.5) is 10.1 Å². The predicted molar refractivity (Wildman–Crippen MR) is 70.3 cm³/mol. The first-order chi connectivity index (χ1) is 9.45. The number of carbonyl (C=O) groups is 2. The van der Waals surface area contributed by atoms with Gasteiger partial charge in [-0.25, -0.2) is 14.2 Å². The average molecular weight is 274 g/mol. The van der Waals surface area contributed by atoms with Crippen LogP contribution in [0, 0.1) is 12.7 Å². The third-order valence-corrected chi connectivity index (χ3v) is 2.54. The van der Waals surface area contributed by atoms with Gasteiger partial charge in [0, 0.05) is 17.4 Å². The Bertz CT molecular complexity index is 666. The quantitative estimate of drug-likeness (QED) is 0.901. The molecule has 0 saturated heterocycles. The zero-order valence-electron chi connectivity index (χ0n) is 10.6. The lowest BCUT2D eigenvalue weighted by molar-refractivity contribution is 0.0690. The minimum absolute atomic E-state index is 0.138. The van der Waals surface area contributed by atoms with Crippen molar-refractivity contribution < 1.29 is 19.1 Å². The summed E-state index contributed by atoms with van der Waals surface area (Å²) in [4.78, 5) is 26.4. The summed E-state index contributed by atoms with van der Waals surface area (Å²) >= 11 is 0. The lowest BCUT2D eigenvalue weighted by Crippen LogP contribution is -2.13. The number of anilines is 1. The van der Waals surface area contributed by atoms with Gasteiger partial charge in [-0.2, -0.15) is 0 Å². The molecule has 102 valence electrons. The fraction of sp³-hybridized carbons (Fsp3) is 0.0714. The molecule has 1 amide bonds. The van der Waals surface area contributed by atoms with Gasteiger partial charge in [-0.1, -0.05) is 0 Å². The number of hydrogen-bond donors (Lipinski definition) is 2. The number of halogens is 1. The molecule has 0 spiro atoms. The Morgan fingerprint density at radius 1 is 1.25 bits per heavy atom. The van der Waals surface area contributed by atoms with Crippen LogP contribution in [0.2, 0.25) is 0 Å². The number of rotatable bonds is 3. The molecule has 0 unspecified atom stereocenters. The smallest absolute Gasteiger partial charge is 0.354 e. The maximum atomic E-state index is 13.2. The van der Waals surface area contributed by atoms with Gasteiger partial charge in [-0.3, -0.25) is 4.79 Å². The molecule has 0 aliphatic carbocycles. The van der Waals surface area contributed by atoms with E-state index in [1.165, 1.54) is 24.4 Å². The number of pyridine rings is 1. The van der Waals surface area contributed by atoms with E-state index in [9.17, 15) is 14.0 Å². The Morgan fingerprint density at radius 2 is 2.00 bits per heavy atom. The number of nitrogens with zero attached hydrogens (tertiary/aromatic N) is 1. The highest BCUT2D eigenvalue weighted by atomic mass is 19.1. The number of aromatic nitrogens is 1. The molecule has 2 N–H and O–H groups in total. The molecule has 0 bridgehead atoms. The molecule has 1 aromatic carbocycles. The highest BCUT2D eigenvalue weighted by Gasteiger charge is 2.11. The van der Waals surface area contributed by atoms with Crippen molar-refractivity contribution in [1.82, 2.24) is 4.98 Å². The number of amides is 1. The van der Waals surface area contributed by atoms with Gasteiger partial charge < -0.3 is 10.4 Å². The number of aryl methyl sites for hydroxylation is 1. The van der Waals surface area contributed by atoms with Crippen LogP contribution in [-0.2, 0) is 0 Å². The van der Waals surface area contributed by atoms with Crippen molar-refractivity contribution >= 4 is 17.6 Å². The summed E-state index contributed by atoms with van der Waals surface area (Å²) in [5, 5.41) is 11.3. The fourth-order valence-electron chi connectivity index (χ4n) is 1.70. The van der Waals surface area contributed by atoms with E-state index in [-0.39, 0.29) is 11.3 Å². The van der Waals surface area contributed by atoms with Crippen LogP contribution in [-0.4, -0.2) is 22.0 Å². The summed E-state index contributed by atoms with van der Waals surface area (Å²) in [6, 6.07) is 6.67. The first-order valence-corrected chi connectivity index (χ1v) is 5.73. The van der Waals surface area contributed by atoms with Gasteiger partial charge in [-0.05, 0) is 42.8 Å². The molecule has 0 fully saturated rings. The number of hydrogen-bond acceptors (Lipinski definition) is 3. The molecule has 2 rings (SSSR count). The van der Waals surface area contributed by atoms with Gasteiger partial charge in [0.05, 0.1) is 0 Å². The maximum Gasteiger partial charge on any atom is 0.354 e. The van der Waals surface area contributed by atoms with Crippen molar-refractivity contribution in [2.45, 2.75) is 6.92 Å². The van der Waals surface area contributed by atoms with Gasteiger partial charge in [0.25, 0.3) is 5.91 Å². The van der Waals surface area contributed by atoms with E-state index in [4.69, 9.17) is 5.11 Å². The molecule has 0 atom stereocenters. The van der Waals surface area contributed by atoms with E-state index in [0.717, 1.165) is 6.07 Å². The van der Waals surface area contributed by atoms with Crippen LogP contribution in [0.1, 0.15) is 26.4 Å². The van der Waals surface area contributed by atoms with E-state index in [2.05, 4.69) is 10.3 Å². The van der Waals surface area contributed by atoms with E-state index in [1.54, 1.807) is 13.0 Å². The van der Waals surface area contributed by atoms with Gasteiger partial charge >= 0.3 is 5.97 Å². The van der Waals surface area contributed by atoms with Crippen LogP contribution < -0.4 is 5.32 Å². The standard InChI is InChI=1S/C14H11FN2O3/c1-8-4-10(15)7-11(5-8)17-13(18)9-2-3-16-12(6-9)14(19)20/h2-7H,1H3,(H,17,18)(H,19,20). The van der Waals surface area contributed by atoms with Crippen LogP contribution in [0.25, 0.3) is 0 Å². The summed E-state index contributed by atoms with van der Waals surface area (Å²) in [5.41, 5.74) is 0.884. The topological polar surface area (TPSA) is 79.3 Å². The number of carbonyl (C=O) groups excluding carboxylic acids is 1. The predicted octanol–water partition coefficient (Wildman–Crippen LogP) is 2.48. The maximum absolute atomic E-state index is 13.2. The van der Waals surface area contributed by atoms with E-state index < -0.39 is 17.7 Å². The number of carboxylic acids is 1. The van der Waals surface area contributed by atoms with Crippen molar-refractivity contribution in [1.29, 1.82) is 0 Å². The fourth-order valence-corrected chi connectivity index (χ4v) is 1.70. The third-order valence-electron chi connectivity index (χ3n) is 2.54. The number of aromatic carboxylic acids is 1. The second kappa shape index (κ2) is 5.48. The Kier molecular flexibility index (Phi) is 3.74. The average Bonchev–Trinajstić information content (AvgIpc) is 2.37. The van der Waals surface area contributed by atoms with Crippen LogP contribution in [0.15, 0.2) is 36.5 Å².